The Labute approximate surface area is 161 Å². The molecule has 0 saturated carbocycles. The summed E-state index contributed by atoms with van der Waals surface area (Å²) in [4.78, 5) is 31.5. The van der Waals surface area contributed by atoms with Gasteiger partial charge in [-0.1, -0.05) is 24.3 Å². The van der Waals surface area contributed by atoms with Crippen molar-refractivity contribution in [2.45, 2.75) is 26.1 Å². The third-order valence-corrected chi connectivity index (χ3v) is 4.37. The SMILES string of the molecule is Cc1cc(=O)[nH]c(-c2cccc(NC(=O)[C@H]3Oc4ccccc4O[C@@H]3C)c2)n1. The molecule has 28 heavy (non-hydrogen) atoms. The average molecular weight is 377 g/mol. The fraction of sp³-hybridized carbons (Fsp3) is 0.190. The number of anilines is 1. The Morgan fingerprint density at radius 1 is 1.07 bits per heavy atom. The summed E-state index contributed by atoms with van der Waals surface area (Å²) in [5.74, 6) is 1.29. The number of hydrogen-bond donors (Lipinski definition) is 2. The molecule has 2 aromatic carbocycles. The second-order valence-electron chi connectivity index (χ2n) is 6.61. The Morgan fingerprint density at radius 3 is 2.57 bits per heavy atom. The molecule has 0 unspecified atom stereocenters. The van der Waals surface area contributed by atoms with Crippen LogP contribution >= 0.6 is 0 Å². The topological polar surface area (TPSA) is 93.3 Å². The summed E-state index contributed by atoms with van der Waals surface area (Å²) in [6, 6.07) is 15.8. The van der Waals surface area contributed by atoms with Crippen molar-refractivity contribution in [1.29, 1.82) is 0 Å². The van der Waals surface area contributed by atoms with Gasteiger partial charge in [0.2, 0.25) is 6.10 Å². The van der Waals surface area contributed by atoms with Gasteiger partial charge in [-0.25, -0.2) is 4.98 Å². The average Bonchev–Trinajstić information content (AvgIpc) is 2.67. The Morgan fingerprint density at radius 2 is 1.82 bits per heavy atom. The van der Waals surface area contributed by atoms with Crippen molar-refractivity contribution in [3.8, 4) is 22.9 Å². The lowest BCUT2D eigenvalue weighted by atomic mass is 10.1. The standard InChI is InChI=1S/C21H19N3O4/c1-12-10-18(25)24-20(22-12)14-6-5-7-15(11-14)23-21(26)19-13(2)27-16-8-3-4-9-17(16)28-19/h3-11,13,19H,1-2H3,(H,23,26)(H,22,24,25)/t13-,19+/m1/s1. The van der Waals surface area contributed by atoms with E-state index in [9.17, 15) is 9.59 Å². The number of nitrogens with zero attached hydrogens (tertiary/aromatic N) is 1. The van der Waals surface area contributed by atoms with E-state index in [2.05, 4.69) is 15.3 Å². The summed E-state index contributed by atoms with van der Waals surface area (Å²) < 4.78 is 11.6. The van der Waals surface area contributed by atoms with E-state index in [-0.39, 0.29) is 11.5 Å². The summed E-state index contributed by atoms with van der Waals surface area (Å²) in [5.41, 5.74) is 1.66. The zero-order valence-electron chi connectivity index (χ0n) is 15.4. The van der Waals surface area contributed by atoms with Crippen LogP contribution in [0.25, 0.3) is 11.4 Å². The van der Waals surface area contributed by atoms with E-state index in [1.807, 2.05) is 18.2 Å². The first-order valence-corrected chi connectivity index (χ1v) is 8.91. The van der Waals surface area contributed by atoms with Gasteiger partial charge in [-0.2, -0.15) is 0 Å². The minimum atomic E-state index is -0.782. The number of H-pyrrole nitrogens is 1. The van der Waals surface area contributed by atoms with E-state index in [0.29, 0.717) is 34.3 Å². The lowest BCUT2D eigenvalue weighted by Gasteiger charge is -2.31. The highest BCUT2D eigenvalue weighted by Crippen LogP contribution is 2.33. The zero-order chi connectivity index (χ0) is 19.7. The predicted octanol–water partition coefficient (Wildman–Crippen LogP) is 2.91. The number of hydrogen-bond acceptors (Lipinski definition) is 5. The third-order valence-electron chi connectivity index (χ3n) is 4.37. The van der Waals surface area contributed by atoms with E-state index >= 15 is 0 Å². The lowest BCUT2D eigenvalue weighted by Crippen LogP contribution is -2.46. The largest absolute Gasteiger partial charge is 0.482 e. The molecule has 142 valence electrons. The van der Waals surface area contributed by atoms with Crippen molar-refractivity contribution in [2.24, 2.45) is 0 Å². The molecule has 0 bridgehead atoms. The first-order chi connectivity index (χ1) is 13.5. The molecule has 2 heterocycles. The number of carbonyl (C=O) groups excluding carboxylic acids is 1. The number of fused-ring (bicyclic) bond motifs is 1. The Bertz CT molecular complexity index is 1090. The van der Waals surface area contributed by atoms with Gasteiger partial charge in [0.1, 0.15) is 11.9 Å². The molecule has 7 heteroatoms. The molecule has 1 aliphatic rings. The first kappa shape index (κ1) is 17.8. The highest BCUT2D eigenvalue weighted by Gasteiger charge is 2.34. The molecule has 2 atom stereocenters. The van der Waals surface area contributed by atoms with Crippen LogP contribution in [-0.2, 0) is 4.79 Å². The number of para-hydroxylation sites is 2. The first-order valence-electron chi connectivity index (χ1n) is 8.91. The second kappa shape index (κ2) is 7.19. The highest BCUT2D eigenvalue weighted by molar-refractivity contribution is 5.95. The normalized spacial score (nSPS) is 17.8. The summed E-state index contributed by atoms with van der Waals surface area (Å²) in [6.45, 7) is 3.54. The van der Waals surface area contributed by atoms with Crippen LogP contribution in [0.1, 0.15) is 12.6 Å². The zero-order valence-corrected chi connectivity index (χ0v) is 15.4. The van der Waals surface area contributed by atoms with E-state index in [1.54, 1.807) is 44.2 Å². The summed E-state index contributed by atoms with van der Waals surface area (Å²) in [6.07, 6.45) is -1.22. The van der Waals surface area contributed by atoms with Gasteiger partial charge in [-0.15, -0.1) is 0 Å². The van der Waals surface area contributed by atoms with Crippen molar-refractivity contribution in [1.82, 2.24) is 9.97 Å². The molecule has 0 aliphatic carbocycles. The maximum absolute atomic E-state index is 12.8. The van der Waals surface area contributed by atoms with Gasteiger partial charge in [0.05, 0.1) is 0 Å². The molecular formula is C21H19N3O4. The van der Waals surface area contributed by atoms with E-state index in [0.717, 1.165) is 0 Å². The number of aromatic nitrogens is 2. The van der Waals surface area contributed by atoms with Gasteiger partial charge in [-0.3, -0.25) is 9.59 Å². The van der Waals surface area contributed by atoms with Gasteiger partial charge in [-0.05, 0) is 38.1 Å². The summed E-state index contributed by atoms with van der Waals surface area (Å²) in [5, 5.41) is 2.85. The quantitative estimate of drug-likeness (QED) is 0.732. The van der Waals surface area contributed by atoms with E-state index in [4.69, 9.17) is 9.47 Å². The molecule has 0 radical (unpaired) electrons. The number of aromatic amines is 1. The van der Waals surface area contributed by atoms with Crippen LogP contribution in [0.3, 0.4) is 0 Å². The number of aryl methyl sites for hydroxylation is 1. The van der Waals surface area contributed by atoms with Crippen molar-refractivity contribution >= 4 is 11.6 Å². The van der Waals surface area contributed by atoms with Gasteiger partial charge < -0.3 is 19.8 Å². The van der Waals surface area contributed by atoms with Crippen LogP contribution in [0, 0.1) is 6.92 Å². The Balaban J connectivity index is 1.55. The maximum Gasteiger partial charge on any atom is 0.269 e. The van der Waals surface area contributed by atoms with Gasteiger partial charge in [0.25, 0.3) is 11.5 Å². The van der Waals surface area contributed by atoms with Crippen LogP contribution in [-0.4, -0.2) is 28.1 Å². The lowest BCUT2D eigenvalue weighted by molar-refractivity contribution is -0.128. The van der Waals surface area contributed by atoms with Crippen LogP contribution in [0.2, 0.25) is 0 Å². The third kappa shape index (κ3) is 3.59. The minimum Gasteiger partial charge on any atom is -0.482 e. The van der Waals surface area contributed by atoms with Crippen LogP contribution in [0.5, 0.6) is 11.5 Å². The molecule has 0 saturated heterocycles. The fourth-order valence-electron chi connectivity index (χ4n) is 3.08. The number of rotatable bonds is 3. The highest BCUT2D eigenvalue weighted by atomic mass is 16.6. The van der Waals surface area contributed by atoms with Crippen molar-refractivity contribution < 1.29 is 14.3 Å². The smallest absolute Gasteiger partial charge is 0.269 e. The van der Waals surface area contributed by atoms with Crippen LogP contribution in [0.4, 0.5) is 5.69 Å². The molecule has 0 fully saturated rings. The summed E-state index contributed by atoms with van der Waals surface area (Å²) >= 11 is 0. The van der Waals surface area contributed by atoms with Gasteiger partial charge in [0, 0.05) is 23.0 Å². The molecule has 1 aromatic heterocycles. The molecule has 7 nitrogen and oxygen atoms in total. The Kier molecular flexibility index (Phi) is 4.57. The number of carbonyl (C=O) groups is 1. The van der Waals surface area contributed by atoms with Crippen LogP contribution < -0.4 is 20.3 Å². The van der Waals surface area contributed by atoms with Crippen LogP contribution in [0.15, 0.2) is 59.4 Å². The van der Waals surface area contributed by atoms with Crippen molar-refractivity contribution in [3.05, 3.63) is 70.6 Å². The number of amides is 1. The molecular weight excluding hydrogens is 358 g/mol. The van der Waals surface area contributed by atoms with E-state index < -0.39 is 12.2 Å². The van der Waals surface area contributed by atoms with Gasteiger partial charge >= 0.3 is 0 Å². The van der Waals surface area contributed by atoms with Crippen molar-refractivity contribution in [2.75, 3.05) is 5.32 Å². The van der Waals surface area contributed by atoms with Gasteiger partial charge in [0.15, 0.2) is 11.5 Å². The molecule has 1 amide bonds. The van der Waals surface area contributed by atoms with E-state index in [1.165, 1.54) is 6.07 Å². The molecule has 3 aromatic rings. The van der Waals surface area contributed by atoms with Crippen molar-refractivity contribution in [3.63, 3.8) is 0 Å². The number of ether oxygens (including phenoxy) is 2. The maximum atomic E-state index is 12.8. The summed E-state index contributed by atoms with van der Waals surface area (Å²) in [7, 11) is 0. The fourth-order valence-corrected chi connectivity index (χ4v) is 3.08. The second-order valence-corrected chi connectivity index (χ2v) is 6.61. The molecule has 1 aliphatic heterocycles. The molecule has 0 spiro atoms. The molecule has 4 rings (SSSR count). The molecule has 2 N–H and O–H groups in total. The monoisotopic (exact) mass is 377 g/mol. The number of nitrogens with one attached hydrogen (secondary N) is 2. The minimum absolute atomic E-state index is 0.225. The number of benzene rings is 2. The Hall–Kier alpha value is -3.61. The predicted molar refractivity (Wildman–Crippen MR) is 105 cm³/mol.